The number of anilines is 1. The molecular formula is C21H27N6O7P. The maximum absolute atomic E-state index is 13.5. The van der Waals surface area contributed by atoms with Crippen molar-refractivity contribution in [1.29, 1.82) is 0 Å². The molecule has 0 amide bonds. The summed E-state index contributed by atoms with van der Waals surface area (Å²) in [5.41, 5.74) is 4.72. The molecule has 6 atom stereocenters. The highest BCUT2D eigenvalue weighted by molar-refractivity contribution is 7.48. The maximum atomic E-state index is 13.5. The first-order chi connectivity index (χ1) is 16.5. The van der Waals surface area contributed by atoms with E-state index in [2.05, 4.69) is 19.9 Å². The molecular weight excluding hydrogens is 479 g/mol. The number of fused-ring (bicyclic) bond motifs is 1. The number of nitrogens with zero attached hydrogens (tertiary/aromatic N) is 5. The molecule has 188 valence electrons. The molecule has 2 aliphatic heterocycles. The van der Waals surface area contributed by atoms with Crippen LogP contribution in [0.3, 0.4) is 0 Å². The molecule has 2 fully saturated rings. The van der Waals surface area contributed by atoms with Gasteiger partial charge in [-0.05, 0) is 38.5 Å². The second kappa shape index (κ2) is 8.56. The second-order valence-corrected chi connectivity index (χ2v) is 11.0. The van der Waals surface area contributed by atoms with Crippen molar-refractivity contribution < 1.29 is 33.1 Å². The van der Waals surface area contributed by atoms with Crippen LogP contribution in [0.2, 0.25) is 0 Å². The number of hydrogen-bond donors (Lipinski definition) is 3. The zero-order valence-electron chi connectivity index (χ0n) is 19.4. The van der Waals surface area contributed by atoms with Gasteiger partial charge in [0.15, 0.2) is 17.7 Å². The summed E-state index contributed by atoms with van der Waals surface area (Å²) in [6.45, 7) is 4.63. The highest BCUT2D eigenvalue weighted by Gasteiger charge is 2.55. The highest BCUT2D eigenvalue weighted by atomic mass is 31.2. The Hall–Kier alpha value is -2.51. The molecule has 0 radical (unpaired) electrons. The summed E-state index contributed by atoms with van der Waals surface area (Å²) < 4.78 is 37.9. The van der Waals surface area contributed by atoms with Crippen LogP contribution in [-0.2, 0) is 22.9 Å². The third kappa shape index (κ3) is 4.45. The number of nitrogen functional groups attached to an aromatic ring is 1. The van der Waals surface area contributed by atoms with Gasteiger partial charge in [0.2, 0.25) is 0 Å². The third-order valence-electron chi connectivity index (χ3n) is 6.16. The first kappa shape index (κ1) is 24.2. The minimum Gasteiger partial charge on any atom is -0.387 e. The number of aliphatic hydroxyl groups excluding tert-OH is 1. The zero-order chi connectivity index (χ0) is 25.0. The maximum Gasteiger partial charge on any atom is 0.476 e. The predicted molar refractivity (Wildman–Crippen MR) is 122 cm³/mol. The van der Waals surface area contributed by atoms with Gasteiger partial charge >= 0.3 is 7.82 Å². The number of aromatic nitrogens is 5. The molecule has 2 saturated heterocycles. The fourth-order valence-electron chi connectivity index (χ4n) is 4.40. The Morgan fingerprint density at radius 3 is 2.74 bits per heavy atom. The molecule has 0 aliphatic carbocycles. The van der Waals surface area contributed by atoms with Crippen molar-refractivity contribution in [2.75, 3.05) is 12.3 Å². The molecule has 0 aromatic carbocycles. The van der Waals surface area contributed by atoms with Crippen LogP contribution in [0.5, 0.6) is 0 Å². The van der Waals surface area contributed by atoms with Crippen LogP contribution < -0.4 is 5.73 Å². The Labute approximate surface area is 200 Å². The predicted octanol–water partition coefficient (Wildman–Crippen LogP) is 1.89. The van der Waals surface area contributed by atoms with Crippen molar-refractivity contribution in [3.8, 4) is 0 Å². The third-order valence-corrected chi connectivity index (χ3v) is 7.86. The van der Waals surface area contributed by atoms with E-state index in [4.69, 9.17) is 24.0 Å². The van der Waals surface area contributed by atoms with Crippen LogP contribution in [0.25, 0.3) is 11.2 Å². The Morgan fingerprint density at radius 2 is 2.00 bits per heavy atom. The molecule has 2 unspecified atom stereocenters. The minimum atomic E-state index is -4.05. The molecule has 0 spiro atoms. The molecule has 0 saturated carbocycles. The quantitative estimate of drug-likeness (QED) is 0.429. The summed E-state index contributed by atoms with van der Waals surface area (Å²) in [6, 6.07) is 3.54. The fourth-order valence-corrected chi connectivity index (χ4v) is 6.07. The Balaban J connectivity index is 1.34. The number of aliphatic hydroxyl groups is 2. The number of pyridine rings is 1. The Kier molecular flexibility index (Phi) is 5.92. The van der Waals surface area contributed by atoms with E-state index in [1.54, 1.807) is 38.4 Å². The molecule has 14 heteroatoms. The average molecular weight is 506 g/mol. The van der Waals surface area contributed by atoms with E-state index < -0.39 is 43.6 Å². The molecule has 35 heavy (non-hydrogen) atoms. The molecule has 3 aromatic heterocycles. The number of imidazole rings is 1. The lowest BCUT2D eigenvalue weighted by atomic mass is 9.96. The van der Waals surface area contributed by atoms with Crippen LogP contribution in [0, 0.1) is 0 Å². The fraction of sp³-hybridized carbons (Fsp3) is 0.524. The van der Waals surface area contributed by atoms with Crippen molar-refractivity contribution in [3.05, 3.63) is 42.7 Å². The van der Waals surface area contributed by atoms with Gasteiger partial charge < -0.3 is 20.7 Å². The molecule has 5 rings (SSSR count). The van der Waals surface area contributed by atoms with E-state index in [1.165, 1.54) is 24.1 Å². The van der Waals surface area contributed by atoms with E-state index >= 15 is 0 Å². The Morgan fingerprint density at radius 1 is 1.26 bits per heavy atom. The van der Waals surface area contributed by atoms with E-state index in [9.17, 15) is 14.8 Å². The summed E-state index contributed by atoms with van der Waals surface area (Å²) in [7, 11) is -4.05. The number of phosphoric acid groups is 1. The summed E-state index contributed by atoms with van der Waals surface area (Å²) in [6.07, 6.45) is 2.26. The van der Waals surface area contributed by atoms with Gasteiger partial charge in [-0.25, -0.2) is 19.5 Å². The standard InChI is InChI=1S/C21H27N6O7P/c1-20(2)8-13(12-4-6-23-7-5-12)33-35(30,34-20)31-9-14-16(28)21(3,29)19(32-14)27-11-26-15-17(22)24-10-25-18(15)27/h4-7,10-11,13-14,16,19,28-29H,8-9H2,1-3H3,(H2,22,24,25)/t13?,14-,16-,19-,21-,35?/m1/s1. The van der Waals surface area contributed by atoms with Gasteiger partial charge in [0, 0.05) is 18.8 Å². The largest absolute Gasteiger partial charge is 0.476 e. The van der Waals surface area contributed by atoms with Gasteiger partial charge in [-0.3, -0.25) is 23.1 Å². The monoisotopic (exact) mass is 506 g/mol. The molecule has 0 bridgehead atoms. The van der Waals surface area contributed by atoms with Crippen molar-refractivity contribution in [2.24, 2.45) is 0 Å². The first-order valence-corrected chi connectivity index (χ1v) is 12.5. The number of rotatable bonds is 5. The van der Waals surface area contributed by atoms with Gasteiger partial charge in [-0.2, -0.15) is 0 Å². The highest BCUT2D eigenvalue weighted by Crippen LogP contribution is 2.61. The van der Waals surface area contributed by atoms with E-state index in [0.29, 0.717) is 17.6 Å². The minimum absolute atomic E-state index is 0.169. The summed E-state index contributed by atoms with van der Waals surface area (Å²) >= 11 is 0. The van der Waals surface area contributed by atoms with E-state index in [1.807, 2.05) is 0 Å². The lowest BCUT2D eigenvalue weighted by Gasteiger charge is -2.39. The molecule has 4 N–H and O–H groups in total. The number of nitrogens with two attached hydrogens (primary N) is 1. The van der Waals surface area contributed by atoms with Crippen molar-refractivity contribution in [2.45, 2.75) is 62.9 Å². The van der Waals surface area contributed by atoms with Crippen LogP contribution in [0.15, 0.2) is 37.2 Å². The van der Waals surface area contributed by atoms with Crippen molar-refractivity contribution >= 4 is 24.8 Å². The SMILES string of the molecule is CC1(C)CC(c2ccncc2)OP(=O)(OC[C@H]2O[C@@H](n3cnc4c(N)ncnc43)[C@](C)(O)[C@@H]2O)O1. The second-order valence-electron chi connectivity index (χ2n) is 9.45. The molecule has 2 aliphatic rings. The molecule has 13 nitrogen and oxygen atoms in total. The van der Waals surface area contributed by atoms with Crippen LogP contribution in [0.1, 0.15) is 45.1 Å². The smallest absolute Gasteiger partial charge is 0.387 e. The number of hydrogen-bond acceptors (Lipinski definition) is 12. The van der Waals surface area contributed by atoms with Crippen LogP contribution >= 0.6 is 7.82 Å². The number of phosphoric ester groups is 1. The number of ether oxygens (including phenoxy) is 1. The van der Waals surface area contributed by atoms with Gasteiger partial charge in [-0.15, -0.1) is 0 Å². The van der Waals surface area contributed by atoms with Crippen LogP contribution in [-0.4, -0.2) is 64.7 Å². The molecule has 3 aromatic rings. The zero-order valence-corrected chi connectivity index (χ0v) is 20.3. The van der Waals surface area contributed by atoms with Crippen LogP contribution in [0.4, 0.5) is 5.82 Å². The van der Waals surface area contributed by atoms with Crippen molar-refractivity contribution in [3.63, 3.8) is 0 Å². The average Bonchev–Trinajstić information content (AvgIpc) is 3.31. The van der Waals surface area contributed by atoms with Gasteiger partial charge in [-0.1, -0.05) is 0 Å². The lowest BCUT2D eigenvalue weighted by Crippen LogP contribution is -2.44. The summed E-state index contributed by atoms with van der Waals surface area (Å²) in [4.78, 5) is 16.2. The lowest BCUT2D eigenvalue weighted by molar-refractivity contribution is -0.0967. The topological polar surface area (TPSA) is 177 Å². The Bertz CT molecular complexity index is 1270. The first-order valence-electron chi connectivity index (χ1n) is 11.0. The molecule has 5 heterocycles. The van der Waals surface area contributed by atoms with Gasteiger partial charge in [0.25, 0.3) is 0 Å². The van der Waals surface area contributed by atoms with E-state index in [0.717, 1.165) is 5.56 Å². The van der Waals surface area contributed by atoms with E-state index in [-0.39, 0.29) is 12.4 Å². The van der Waals surface area contributed by atoms with Crippen molar-refractivity contribution in [1.82, 2.24) is 24.5 Å². The van der Waals surface area contributed by atoms with Gasteiger partial charge in [0.05, 0.1) is 24.6 Å². The summed E-state index contributed by atoms with van der Waals surface area (Å²) in [5.74, 6) is 0.169. The normalized spacial score (nSPS) is 34.9. The summed E-state index contributed by atoms with van der Waals surface area (Å²) in [5, 5.41) is 21.9. The van der Waals surface area contributed by atoms with Gasteiger partial charge in [0.1, 0.15) is 29.7 Å².